The van der Waals surface area contributed by atoms with Gasteiger partial charge in [-0.1, -0.05) is 6.58 Å². The maximum Gasteiger partial charge on any atom is 0.150 e. The molecule has 5 heteroatoms. The Balaban J connectivity index is 2.21. The molecule has 0 aliphatic carbocycles. The number of H-pyrrole nitrogens is 1. The van der Waals surface area contributed by atoms with Crippen LogP contribution in [0.3, 0.4) is 0 Å². The number of aromatic nitrogens is 3. The SMILES string of the molecule is C=CNc1ccc2[nH]nc(-c3ccncc3F)c2c1. The van der Waals surface area contributed by atoms with Crippen molar-refractivity contribution >= 4 is 16.6 Å². The van der Waals surface area contributed by atoms with Crippen LogP contribution >= 0.6 is 0 Å². The van der Waals surface area contributed by atoms with Crippen LogP contribution < -0.4 is 5.32 Å². The minimum atomic E-state index is -0.391. The molecule has 0 saturated carbocycles. The van der Waals surface area contributed by atoms with E-state index in [0.717, 1.165) is 16.6 Å². The number of hydrogen-bond donors (Lipinski definition) is 2. The highest BCUT2D eigenvalue weighted by atomic mass is 19.1. The predicted molar refractivity (Wildman–Crippen MR) is 73.1 cm³/mol. The molecule has 0 saturated heterocycles. The van der Waals surface area contributed by atoms with E-state index in [4.69, 9.17) is 0 Å². The quantitative estimate of drug-likeness (QED) is 0.753. The van der Waals surface area contributed by atoms with Gasteiger partial charge < -0.3 is 5.32 Å². The second kappa shape index (κ2) is 4.53. The lowest BCUT2D eigenvalue weighted by molar-refractivity contribution is 0.624. The normalized spacial score (nSPS) is 10.6. The maximum atomic E-state index is 13.8. The second-order valence-electron chi connectivity index (χ2n) is 4.04. The van der Waals surface area contributed by atoms with Crippen LogP contribution in [0.1, 0.15) is 0 Å². The van der Waals surface area contributed by atoms with Gasteiger partial charge in [-0.05, 0) is 30.5 Å². The van der Waals surface area contributed by atoms with Crippen LogP contribution in [-0.2, 0) is 0 Å². The standard InChI is InChI=1S/C14H11FN4/c1-2-17-9-3-4-13-11(7-9)14(19-18-13)10-5-6-16-8-12(10)15/h2-8,17H,1H2,(H,18,19). The Morgan fingerprint density at radius 2 is 2.21 bits per heavy atom. The van der Waals surface area contributed by atoms with Gasteiger partial charge in [-0.15, -0.1) is 0 Å². The highest BCUT2D eigenvalue weighted by Crippen LogP contribution is 2.29. The number of aromatic amines is 1. The fourth-order valence-electron chi connectivity index (χ4n) is 1.99. The van der Waals surface area contributed by atoms with Crippen molar-refractivity contribution in [1.29, 1.82) is 0 Å². The molecule has 2 N–H and O–H groups in total. The summed E-state index contributed by atoms with van der Waals surface area (Å²) in [6.07, 6.45) is 4.32. The third-order valence-electron chi connectivity index (χ3n) is 2.86. The number of nitrogens with one attached hydrogen (secondary N) is 2. The zero-order chi connectivity index (χ0) is 13.2. The summed E-state index contributed by atoms with van der Waals surface area (Å²) >= 11 is 0. The first-order valence-electron chi connectivity index (χ1n) is 5.75. The van der Waals surface area contributed by atoms with E-state index in [1.54, 1.807) is 18.5 Å². The Bertz CT molecular complexity index is 748. The van der Waals surface area contributed by atoms with Gasteiger partial charge in [0.1, 0.15) is 5.69 Å². The van der Waals surface area contributed by atoms with Crippen LogP contribution in [0.4, 0.5) is 10.1 Å². The molecule has 0 spiro atoms. The molecule has 0 bridgehead atoms. The van der Waals surface area contributed by atoms with Gasteiger partial charge in [0.05, 0.1) is 11.7 Å². The van der Waals surface area contributed by atoms with Gasteiger partial charge in [0.2, 0.25) is 0 Å². The van der Waals surface area contributed by atoms with Crippen molar-refractivity contribution in [2.24, 2.45) is 0 Å². The van der Waals surface area contributed by atoms with Crippen molar-refractivity contribution in [2.45, 2.75) is 0 Å². The van der Waals surface area contributed by atoms with Crippen molar-refractivity contribution in [2.75, 3.05) is 5.32 Å². The van der Waals surface area contributed by atoms with Crippen LogP contribution in [0.5, 0.6) is 0 Å². The zero-order valence-corrected chi connectivity index (χ0v) is 10.0. The first-order chi connectivity index (χ1) is 9.29. The third-order valence-corrected chi connectivity index (χ3v) is 2.86. The van der Waals surface area contributed by atoms with E-state index in [1.165, 1.54) is 6.20 Å². The number of anilines is 1. The minimum Gasteiger partial charge on any atom is -0.362 e. The van der Waals surface area contributed by atoms with Gasteiger partial charge in [-0.25, -0.2) is 4.39 Å². The molecule has 94 valence electrons. The molecule has 0 radical (unpaired) electrons. The predicted octanol–water partition coefficient (Wildman–Crippen LogP) is 3.32. The van der Waals surface area contributed by atoms with Gasteiger partial charge >= 0.3 is 0 Å². The van der Waals surface area contributed by atoms with Crippen molar-refractivity contribution in [3.05, 3.63) is 55.3 Å². The van der Waals surface area contributed by atoms with Crippen molar-refractivity contribution in [3.8, 4) is 11.3 Å². The van der Waals surface area contributed by atoms with Crippen molar-refractivity contribution in [1.82, 2.24) is 15.2 Å². The molecule has 0 amide bonds. The molecule has 1 aromatic carbocycles. The molecule has 3 rings (SSSR count). The molecular weight excluding hydrogens is 243 g/mol. The third kappa shape index (κ3) is 1.95. The Hall–Kier alpha value is -2.69. The number of halogens is 1. The summed E-state index contributed by atoms with van der Waals surface area (Å²) in [5.41, 5.74) is 2.72. The summed E-state index contributed by atoms with van der Waals surface area (Å²) in [6.45, 7) is 3.62. The number of benzene rings is 1. The largest absolute Gasteiger partial charge is 0.362 e. The van der Waals surface area contributed by atoms with E-state index in [1.807, 2.05) is 18.2 Å². The van der Waals surface area contributed by atoms with Gasteiger partial charge in [-0.2, -0.15) is 5.10 Å². The molecule has 0 unspecified atom stereocenters. The van der Waals surface area contributed by atoms with E-state index < -0.39 is 5.82 Å². The molecule has 19 heavy (non-hydrogen) atoms. The Morgan fingerprint density at radius 3 is 3.00 bits per heavy atom. The monoisotopic (exact) mass is 254 g/mol. The second-order valence-corrected chi connectivity index (χ2v) is 4.04. The fraction of sp³-hybridized carbons (Fsp3) is 0. The Labute approximate surface area is 109 Å². The van der Waals surface area contributed by atoms with Gasteiger partial charge in [0, 0.05) is 22.8 Å². The summed E-state index contributed by atoms with van der Waals surface area (Å²) in [7, 11) is 0. The van der Waals surface area contributed by atoms with E-state index in [-0.39, 0.29) is 0 Å². The van der Waals surface area contributed by atoms with Gasteiger partial charge in [0.15, 0.2) is 5.82 Å². The van der Waals surface area contributed by atoms with Crippen molar-refractivity contribution < 1.29 is 4.39 Å². The summed E-state index contributed by atoms with van der Waals surface area (Å²) in [5.74, 6) is -0.391. The Kier molecular flexibility index (Phi) is 2.72. The smallest absolute Gasteiger partial charge is 0.150 e. The lowest BCUT2D eigenvalue weighted by Gasteiger charge is -2.02. The minimum absolute atomic E-state index is 0.391. The number of pyridine rings is 1. The highest BCUT2D eigenvalue weighted by Gasteiger charge is 2.12. The van der Waals surface area contributed by atoms with Crippen LogP contribution in [0.2, 0.25) is 0 Å². The maximum absolute atomic E-state index is 13.8. The highest BCUT2D eigenvalue weighted by molar-refractivity contribution is 5.95. The van der Waals surface area contributed by atoms with E-state index in [9.17, 15) is 4.39 Å². The molecule has 0 aliphatic heterocycles. The zero-order valence-electron chi connectivity index (χ0n) is 10.0. The number of fused-ring (bicyclic) bond motifs is 1. The van der Waals surface area contributed by atoms with Crippen LogP contribution in [-0.4, -0.2) is 15.2 Å². The van der Waals surface area contributed by atoms with Gasteiger partial charge in [0.25, 0.3) is 0 Å². The number of nitrogens with zero attached hydrogens (tertiary/aromatic N) is 2. The molecule has 0 atom stereocenters. The number of rotatable bonds is 3. The first kappa shape index (κ1) is 11.4. The molecule has 3 aromatic rings. The average molecular weight is 254 g/mol. The molecular formula is C14H11FN4. The summed E-state index contributed by atoms with van der Waals surface area (Å²) in [5, 5.41) is 10.9. The van der Waals surface area contributed by atoms with Crippen molar-refractivity contribution in [3.63, 3.8) is 0 Å². The fourth-order valence-corrected chi connectivity index (χ4v) is 1.99. The Morgan fingerprint density at radius 1 is 1.32 bits per heavy atom. The lowest BCUT2D eigenvalue weighted by Crippen LogP contribution is -1.88. The topological polar surface area (TPSA) is 53.6 Å². The molecule has 4 nitrogen and oxygen atoms in total. The molecule has 2 aromatic heterocycles. The number of hydrogen-bond acceptors (Lipinski definition) is 3. The summed E-state index contributed by atoms with van der Waals surface area (Å²) in [6, 6.07) is 7.29. The summed E-state index contributed by atoms with van der Waals surface area (Å²) in [4.78, 5) is 3.74. The van der Waals surface area contributed by atoms with Gasteiger partial charge in [-0.3, -0.25) is 10.1 Å². The van der Waals surface area contributed by atoms with E-state index in [0.29, 0.717) is 11.3 Å². The molecule has 0 aliphatic rings. The van der Waals surface area contributed by atoms with Crippen LogP contribution in [0.25, 0.3) is 22.2 Å². The molecule has 0 fully saturated rings. The summed E-state index contributed by atoms with van der Waals surface area (Å²) < 4.78 is 13.8. The van der Waals surface area contributed by atoms with E-state index in [2.05, 4.69) is 27.1 Å². The lowest BCUT2D eigenvalue weighted by atomic mass is 10.1. The average Bonchev–Trinajstić information content (AvgIpc) is 2.83. The van der Waals surface area contributed by atoms with Crippen LogP contribution in [0, 0.1) is 5.82 Å². The van der Waals surface area contributed by atoms with Crippen LogP contribution in [0.15, 0.2) is 49.4 Å². The first-order valence-corrected chi connectivity index (χ1v) is 5.75. The van der Waals surface area contributed by atoms with E-state index >= 15 is 0 Å². The molecule has 2 heterocycles.